The van der Waals surface area contributed by atoms with E-state index in [1.165, 1.54) is 13.2 Å². The van der Waals surface area contributed by atoms with E-state index in [2.05, 4.69) is 0 Å². The molecule has 2 aromatic carbocycles. The molecule has 0 spiro atoms. The van der Waals surface area contributed by atoms with Crippen LogP contribution in [0.3, 0.4) is 0 Å². The number of nitrogens with zero attached hydrogens (tertiary/aromatic N) is 2. The Labute approximate surface area is 145 Å². The van der Waals surface area contributed by atoms with Gasteiger partial charge in [-0.3, -0.25) is 4.79 Å². The second kappa shape index (κ2) is 7.09. The summed E-state index contributed by atoms with van der Waals surface area (Å²) in [7, 11) is 1.51. The number of anilines is 1. The van der Waals surface area contributed by atoms with Crippen LogP contribution in [0.25, 0.3) is 0 Å². The molecule has 4 nitrogen and oxygen atoms in total. The molecule has 0 aromatic heterocycles. The van der Waals surface area contributed by atoms with Gasteiger partial charge in [-0.2, -0.15) is 0 Å². The van der Waals surface area contributed by atoms with Gasteiger partial charge in [0, 0.05) is 31.2 Å². The highest BCUT2D eigenvalue weighted by atomic mass is 35.5. The lowest BCUT2D eigenvalue weighted by molar-refractivity contribution is 0.0743. The summed E-state index contributed by atoms with van der Waals surface area (Å²) in [5.41, 5.74) is 1.06. The fourth-order valence-electron chi connectivity index (χ4n) is 2.87. The van der Waals surface area contributed by atoms with Crippen LogP contribution in [0.5, 0.6) is 5.75 Å². The standard InChI is InChI=1S/C18H18ClFN2O2/c1-24-17-12-13(19)6-7-14(17)18(23)22-10-8-21(9-11-22)16-5-3-2-4-15(16)20/h2-7,12H,8-11H2,1H3. The van der Waals surface area contributed by atoms with Crippen molar-refractivity contribution in [2.75, 3.05) is 38.2 Å². The minimum absolute atomic E-state index is 0.100. The van der Waals surface area contributed by atoms with Crippen LogP contribution in [0, 0.1) is 5.82 Å². The summed E-state index contributed by atoms with van der Waals surface area (Å²) in [5, 5.41) is 0.521. The van der Waals surface area contributed by atoms with Gasteiger partial charge in [0.05, 0.1) is 18.4 Å². The van der Waals surface area contributed by atoms with Crippen LogP contribution in [0.1, 0.15) is 10.4 Å². The summed E-state index contributed by atoms with van der Waals surface area (Å²) < 4.78 is 19.1. The molecule has 1 heterocycles. The highest BCUT2D eigenvalue weighted by Gasteiger charge is 2.25. The summed E-state index contributed by atoms with van der Waals surface area (Å²) in [6, 6.07) is 11.7. The molecule has 3 rings (SSSR count). The molecule has 0 unspecified atom stereocenters. The molecular weight excluding hydrogens is 331 g/mol. The van der Waals surface area contributed by atoms with Gasteiger partial charge < -0.3 is 14.5 Å². The summed E-state index contributed by atoms with van der Waals surface area (Å²) in [5.74, 6) is 0.123. The Hall–Kier alpha value is -2.27. The second-order valence-electron chi connectivity index (χ2n) is 5.58. The number of carbonyl (C=O) groups excluding carboxylic acids is 1. The van der Waals surface area contributed by atoms with E-state index in [-0.39, 0.29) is 11.7 Å². The van der Waals surface area contributed by atoms with Crippen LogP contribution in [0.2, 0.25) is 5.02 Å². The molecule has 0 atom stereocenters. The van der Waals surface area contributed by atoms with E-state index in [4.69, 9.17) is 16.3 Å². The minimum Gasteiger partial charge on any atom is -0.496 e. The van der Waals surface area contributed by atoms with E-state index < -0.39 is 0 Å². The molecule has 0 saturated carbocycles. The lowest BCUT2D eigenvalue weighted by Crippen LogP contribution is -2.49. The Morgan fingerprint density at radius 1 is 1.12 bits per heavy atom. The van der Waals surface area contributed by atoms with Crippen molar-refractivity contribution in [1.82, 2.24) is 4.90 Å². The van der Waals surface area contributed by atoms with E-state index in [1.54, 1.807) is 35.2 Å². The zero-order chi connectivity index (χ0) is 17.1. The molecule has 1 fully saturated rings. The molecule has 126 valence electrons. The van der Waals surface area contributed by atoms with Gasteiger partial charge in [0.2, 0.25) is 0 Å². The van der Waals surface area contributed by atoms with Gasteiger partial charge in [-0.15, -0.1) is 0 Å². The van der Waals surface area contributed by atoms with E-state index >= 15 is 0 Å². The zero-order valence-electron chi connectivity index (χ0n) is 13.3. The van der Waals surface area contributed by atoms with Crippen LogP contribution < -0.4 is 9.64 Å². The van der Waals surface area contributed by atoms with E-state index in [0.717, 1.165) is 0 Å². The first-order valence-corrected chi connectivity index (χ1v) is 8.10. The molecule has 6 heteroatoms. The molecule has 1 aliphatic rings. The van der Waals surface area contributed by atoms with Gasteiger partial charge in [0.1, 0.15) is 11.6 Å². The Bertz CT molecular complexity index is 746. The van der Waals surface area contributed by atoms with Gasteiger partial charge in [0.25, 0.3) is 5.91 Å². The fourth-order valence-corrected chi connectivity index (χ4v) is 3.03. The van der Waals surface area contributed by atoms with Crippen molar-refractivity contribution in [3.05, 3.63) is 58.9 Å². The molecule has 1 aliphatic heterocycles. The van der Waals surface area contributed by atoms with Gasteiger partial charge in [0.15, 0.2) is 0 Å². The van der Waals surface area contributed by atoms with E-state index in [1.807, 2.05) is 11.0 Å². The average Bonchev–Trinajstić information content (AvgIpc) is 2.61. The third kappa shape index (κ3) is 3.31. The van der Waals surface area contributed by atoms with Crippen LogP contribution in [-0.4, -0.2) is 44.1 Å². The van der Waals surface area contributed by atoms with Crippen molar-refractivity contribution < 1.29 is 13.9 Å². The summed E-state index contributed by atoms with van der Waals surface area (Å²) in [6.45, 7) is 2.23. The van der Waals surface area contributed by atoms with Crippen molar-refractivity contribution in [2.24, 2.45) is 0 Å². The number of amides is 1. The molecular formula is C18H18ClFN2O2. The molecule has 0 N–H and O–H groups in total. The molecule has 2 aromatic rings. The number of para-hydroxylation sites is 1. The van der Waals surface area contributed by atoms with Gasteiger partial charge in [-0.1, -0.05) is 23.7 Å². The zero-order valence-corrected chi connectivity index (χ0v) is 14.1. The Morgan fingerprint density at radius 3 is 2.50 bits per heavy atom. The summed E-state index contributed by atoms with van der Waals surface area (Å²) >= 11 is 5.94. The van der Waals surface area contributed by atoms with Gasteiger partial charge in [-0.25, -0.2) is 4.39 Å². The number of benzene rings is 2. The van der Waals surface area contributed by atoms with Crippen LogP contribution in [0.15, 0.2) is 42.5 Å². The smallest absolute Gasteiger partial charge is 0.257 e. The van der Waals surface area contributed by atoms with Crippen molar-refractivity contribution in [1.29, 1.82) is 0 Å². The van der Waals surface area contributed by atoms with Gasteiger partial charge >= 0.3 is 0 Å². The fraction of sp³-hybridized carbons (Fsp3) is 0.278. The van der Waals surface area contributed by atoms with E-state index in [0.29, 0.717) is 48.2 Å². The highest BCUT2D eigenvalue weighted by Crippen LogP contribution is 2.26. The first kappa shape index (κ1) is 16.6. The van der Waals surface area contributed by atoms with Crippen LogP contribution in [-0.2, 0) is 0 Å². The number of halogens is 2. The topological polar surface area (TPSA) is 32.8 Å². The van der Waals surface area contributed by atoms with Crippen molar-refractivity contribution in [3.8, 4) is 5.75 Å². The monoisotopic (exact) mass is 348 g/mol. The number of ether oxygens (including phenoxy) is 1. The minimum atomic E-state index is -0.239. The maximum atomic E-state index is 13.9. The van der Waals surface area contributed by atoms with Crippen molar-refractivity contribution in [3.63, 3.8) is 0 Å². The number of carbonyl (C=O) groups is 1. The first-order valence-electron chi connectivity index (χ1n) is 7.72. The molecule has 0 aliphatic carbocycles. The number of rotatable bonds is 3. The van der Waals surface area contributed by atoms with Crippen molar-refractivity contribution in [2.45, 2.75) is 0 Å². The number of methoxy groups -OCH3 is 1. The summed E-state index contributed by atoms with van der Waals surface area (Å²) in [4.78, 5) is 16.4. The Morgan fingerprint density at radius 2 is 1.83 bits per heavy atom. The van der Waals surface area contributed by atoms with E-state index in [9.17, 15) is 9.18 Å². The Kier molecular flexibility index (Phi) is 4.90. The lowest BCUT2D eigenvalue weighted by atomic mass is 10.1. The lowest BCUT2D eigenvalue weighted by Gasteiger charge is -2.36. The van der Waals surface area contributed by atoms with Gasteiger partial charge in [-0.05, 0) is 30.3 Å². The van der Waals surface area contributed by atoms with Crippen LogP contribution >= 0.6 is 11.6 Å². The van der Waals surface area contributed by atoms with Crippen LogP contribution in [0.4, 0.5) is 10.1 Å². The quantitative estimate of drug-likeness (QED) is 0.851. The molecule has 0 radical (unpaired) electrons. The first-order chi connectivity index (χ1) is 11.6. The second-order valence-corrected chi connectivity index (χ2v) is 6.01. The molecule has 24 heavy (non-hydrogen) atoms. The SMILES string of the molecule is COc1cc(Cl)ccc1C(=O)N1CCN(c2ccccc2F)CC1. The predicted octanol–water partition coefficient (Wildman–Crippen LogP) is 3.45. The normalized spacial score (nSPS) is 14.6. The molecule has 1 amide bonds. The molecule has 0 bridgehead atoms. The maximum Gasteiger partial charge on any atom is 0.257 e. The third-order valence-corrected chi connectivity index (χ3v) is 4.39. The average molecular weight is 349 g/mol. The summed E-state index contributed by atoms with van der Waals surface area (Å²) in [6.07, 6.45) is 0. The number of hydrogen-bond acceptors (Lipinski definition) is 3. The Balaban J connectivity index is 1.71. The largest absolute Gasteiger partial charge is 0.496 e. The highest BCUT2D eigenvalue weighted by molar-refractivity contribution is 6.30. The molecule has 1 saturated heterocycles. The maximum absolute atomic E-state index is 13.9. The predicted molar refractivity (Wildman–Crippen MR) is 92.5 cm³/mol. The number of piperazine rings is 1. The number of hydrogen-bond donors (Lipinski definition) is 0. The van der Waals surface area contributed by atoms with Crippen molar-refractivity contribution >= 4 is 23.2 Å². The third-order valence-electron chi connectivity index (χ3n) is 4.15.